The summed E-state index contributed by atoms with van der Waals surface area (Å²) in [7, 11) is -3.87. The molecule has 0 aliphatic carbocycles. The van der Waals surface area contributed by atoms with Crippen LogP contribution in [0.1, 0.15) is 36.1 Å². The van der Waals surface area contributed by atoms with Gasteiger partial charge in [0.15, 0.2) is 0 Å². The minimum absolute atomic E-state index is 0.169. The summed E-state index contributed by atoms with van der Waals surface area (Å²) in [5, 5.41) is 2.91. The van der Waals surface area contributed by atoms with Crippen LogP contribution in [0.2, 0.25) is 0 Å². The molecular formula is C31H38FN3O4S. The molecule has 3 aromatic carbocycles. The molecule has 0 heterocycles. The Morgan fingerprint density at radius 1 is 0.925 bits per heavy atom. The van der Waals surface area contributed by atoms with Gasteiger partial charge in [-0.1, -0.05) is 68.4 Å². The number of nitrogens with one attached hydrogen (secondary N) is 1. The molecule has 0 aromatic heterocycles. The fourth-order valence-electron chi connectivity index (χ4n) is 4.28. The highest BCUT2D eigenvalue weighted by Crippen LogP contribution is 2.23. The monoisotopic (exact) mass is 567 g/mol. The quantitative estimate of drug-likeness (QED) is 0.346. The van der Waals surface area contributed by atoms with Crippen molar-refractivity contribution in [1.29, 1.82) is 0 Å². The Labute approximate surface area is 237 Å². The lowest BCUT2D eigenvalue weighted by Gasteiger charge is -2.33. The van der Waals surface area contributed by atoms with Crippen LogP contribution >= 0.6 is 0 Å². The van der Waals surface area contributed by atoms with Crippen molar-refractivity contribution >= 4 is 27.5 Å². The van der Waals surface area contributed by atoms with Crippen LogP contribution in [0.15, 0.2) is 72.8 Å². The van der Waals surface area contributed by atoms with Crippen LogP contribution in [0.3, 0.4) is 0 Å². The number of nitrogens with zero attached hydrogens (tertiary/aromatic N) is 2. The molecule has 3 rings (SSSR count). The smallest absolute Gasteiger partial charge is 0.244 e. The molecule has 0 bridgehead atoms. The molecule has 0 unspecified atom stereocenters. The number of aryl methyl sites for hydroxylation is 2. The van der Waals surface area contributed by atoms with Gasteiger partial charge in [-0.05, 0) is 54.7 Å². The Bertz CT molecular complexity index is 1430. The lowest BCUT2D eigenvalue weighted by Crippen LogP contribution is -2.53. The Hall–Kier alpha value is -3.72. The molecule has 214 valence electrons. The third-order valence-corrected chi connectivity index (χ3v) is 7.85. The lowest BCUT2D eigenvalue weighted by molar-refractivity contribution is -0.140. The Morgan fingerprint density at radius 2 is 1.57 bits per heavy atom. The molecule has 2 amide bonds. The molecule has 0 saturated carbocycles. The van der Waals surface area contributed by atoms with E-state index in [1.165, 1.54) is 11.0 Å². The number of carbonyl (C=O) groups excluding carboxylic acids is 2. The van der Waals surface area contributed by atoms with E-state index in [1.807, 2.05) is 58.0 Å². The Morgan fingerprint density at radius 3 is 2.17 bits per heavy atom. The first-order valence-corrected chi connectivity index (χ1v) is 15.1. The molecule has 1 N–H and O–H groups in total. The minimum atomic E-state index is -3.87. The van der Waals surface area contributed by atoms with Gasteiger partial charge in [-0.2, -0.15) is 0 Å². The number of rotatable bonds is 12. The second kappa shape index (κ2) is 13.6. The van der Waals surface area contributed by atoms with Crippen LogP contribution < -0.4 is 9.62 Å². The molecule has 0 fully saturated rings. The van der Waals surface area contributed by atoms with Gasteiger partial charge in [-0.25, -0.2) is 12.8 Å². The first kappa shape index (κ1) is 30.8. The van der Waals surface area contributed by atoms with Crippen molar-refractivity contribution in [3.05, 3.63) is 101 Å². The van der Waals surface area contributed by atoms with E-state index in [2.05, 4.69) is 5.32 Å². The molecule has 40 heavy (non-hydrogen) atoms. The van der Waals surface area contributed by atoms with Crippen LogP contribution in [-0.4, -0.2) is 50.5 Å². The van der Waals surface area contributed by atoms with Crippen LogP contribution in [0.5, 0.6) is 0 Å². The van der Waals surface area contributed by atoms with Crippen LogP contribution in [0.4, 0.5) is 10.1 Å². The standard InChI is InChI=1S/C31H38FN3O4S/c1-22(2)19-33-31(37)29(18-25-11-7-6-8-12-25)34(20-26-13-9-10-14-28(26)32)30(36)21-35(40(5,38)39)27-16-15-23(3)24(4)17-27/h6-17,22,29H,18-21H2,1-5H3,(H,33,37)/t29-/m0/s1. The van der Waals surface area contributed by atoms with Gasteiger partial charge in [0.2, 0.25) is 21.8 Å². The molecule has 0 aliphatic heterocycles. The molecule has 0 spiro atoms. The van der Waals surface area contributed by atoms with E-state index in [0.717, 1.165) is 27.3 Å². The molecule has 9 heteroatoms. The Balaban J connectivity index is 2.07. The summed E-state index contributed by atoms with van der Waals surface area (Å²) in [6, 6.07) is 19.4. The zero-order valence-electron chi connectivity index (χ0n) is 23.7. The molecule has 0 aliphatic rings. The summed E-state index contributed by atoms with van der Waals surface area (Å²) in [6.45, 7) is 7.34. The third-order valence-electron chi connectivity index (χ3n) is 6.71. The van der Waals surface area contributed by atoms with Crippen molar-refractivity contribution in [2.24, 2.45) is 5.92 Å². The minimum Gasteiger partial charge on any atom is -0.354 e. The maximum absolute atomic E-state index is 14.8. The molecule has 7 nitrogen and oxygen atoms in total. The van der Waals surface area contributed by atoms with E-state index in [1.54, 1.807) is 36.4 Å². The predicted octanol–water partition coefficient (Wildman–Crippen LogP) is 4.62. The molecular weight excluding hydrogens is 529 g/mol. The van der Waals surface area contributed by atoms with E-state index in [9.17, 15) is 22.4 Å². The van der Waals surface area contributed by atoms with Crippen molar-refractivity contribution in [3.8, 4) is 0 Å². The van der Waals surface area contributed by atoms with Crippen molar-refractivity contribution in [2.75, 3.05) is 23.7 Å². The topological polar surface area (TPSA) is 86.8 Å². The third kappa shape index (κ3) is 8.39. The molecule has 3 aromatic rings. The fourth-order valence-corrected chi connectivity index (χ4v) is 5.12. The molecule has 0 radical (unpaired) electrons. The van der Waals surface area contributed by atoms with Crippen LogP contribution in [0.25, 0.3) is 0 Å². The summed E-state index contributed by atoms with van der Waals surface area (Å²) in [4.78, 5) is 28.9. The largest absolute Gasteiger partial charge is 0.354 e. The van der Waals surface area contributed by atoms with E-state index < -0.39 is 34.3 Å². The van der Waals surface area contributed by atoms with Crippen molar-refractivity contribution in [2.45, 2.75) is 46.7 Å². The summed E-state index contributed by atoms with van der Waals surface area (Å²) in [5.41, 5.74) is 3.23. The van der Waals surface area contributed by atoms with Crippen molar-refractivity contribution in [1.82, 2.24) is 10.2 Å². The highest BCUT2D eigenvalue weighted by molar-refractivity contribution is 7.92. The number of halogens is 1. The van der Waals surface area contributed by atoms with Gasteiger partial charge in [0, 0.05) is 25.1 Å². The lowest BCUT2D eigenvalue weighted by atomic mass is 10.0. The van der Waals surface area contributed by atoms with Gasteiger partial charge < -0.3 is 10.2 Å². The first-order chi connectivity index (χ1) is 18.9. The van der Waals surface area contributed by atoms with Gasteiger partial charge in [-0.3, -0.25) is 13.9 Å². The van der Waals surface area contributed by atoms with Gasteiger partial charge >= 0.3 is 0 Å². The summed E-state index contributed by atoms with van der Waals surface area (Å²) < 4.78 is 41.6. The number of benzene rings is 3. The van der Waals surface area contributed by atoms with Gasteiger partial charge in [-0.15, -0.1) is 0 Å². The number of anilines is 1. The zero-order chi connectivity index (χ0) is 29.4. The highest BCUT2D eigenvalue weighted by atomic mass is 32.2. The maximum atomic E-state index is 14.8. The summed E-state index contributed by atoms with van der Waals surface area (Å²) in [6.07, 6.45) is 1.21. The molecule has 0 saturated heterocycles. The van der Waals surface area contributed by atoms with Crippen molar-refractivity contribution in [3.63, 3.8) is 0 Å². The summed E-state index contributed by atoms with van der Waals surface area (Å²) >= 11 is 0. The van der Waals surface area contributed by atoms with E-state index >= 15 is 0 Å². The van der Waals surface area contributed by atoms with E-state index in [4.69, 9.17) is 0 Å². The van der Waals surface area contributed by atoms with Gasteiger partial charge in [0.1, 0.15) is 18.4 Å². The maximum Gasteiger partial charge on any atom is 0.244 e. The second-order valence-electron chi connectivity index (χ2n) is 10.5. The number of amides is 2. The van der Waals surface area contributed by atoms with Gasteiger partial charge in [0.25, 0.3) is 0 Å². The number of hydrogen-bond acceptors (Lipinski definition) is 4. The SMILES string of the molecule is Cc1ccc(N(CC(=O)N(Cc2ccccc2F)[C@@H](Cc2ccccc2)C(=O)NCC(C)C)S(C)(=O)=O)cc1C. The fraction of sp³-hybridized carbons (Fsp3) is 0.355. The van der Waals surface area contributed by atoms with Gasteiger partial charge in [0.05, 0.1) is 11.9 Å². The molecule has 1 atom stereocenters. The van der Waals surface area contributed by atoms with Crippen molar-refractivity contribution < 1.29 is 22.4 Å². The zero-order valence-corrected chi connectivity index (χ0v) is 24.5. The van der Waals surface area contributed by atoms with E-state index in [0.29, 0.717) is 12.2 Å². The van der Waals surface area contributed by atoms with E-state index in [-0.39, 0.29) is 30.4 Å². The Kier molecular flexibility index (Phi) is 10.5. The number of carbonyl (C=O) groups is 2. The summed E-state index contributed by atoms with van der Waals surface area (Å²) in [5.74, 6) is -1.36. The number of hydrogen-bond donors (Lipinski definition) is 1. The average Bonchev–Trinajstić information content (AvgIpc) is 2.90. The first-order valence-electron chi connectivity index (χ1n) is 13.3. The average molecular weight is 568 g/mol. The normalized spacial score (nSPS) is 12.2. The van der Waals surface area contributed by atoms with Crippen LogP contribution in [-0.2, 0) is 32.6 Å². The van der Waals surface area contributed by atoms with Crippen LogP contribution in [0, 0.1) is 25.6 Å². The highest BCUT2D eigenvalue weighted by Gasteiger charge is 2.33. The predicted molar refractivity (Wildman–Crippen MR) is 157 cm³/mol. The second-order valence-corrected chi connectivity index (χ2v) is 12.4. The number of sulfonamides is 1.